The number of likely N-dealkylation sites (tertiary alicyclic amines) is 2. The SMILES string of the molecule is CC1(O)CCCN(C(=O)CCN2CCCC2)CC1. The molecule has 1 N–H and O–H groups in total. The molecule has 0 aliphatic carbocycles. The van der Waals surface area contributed by atoms with Crippen molar-refractivity contribution in [2.45, 2.75) is 51.0 Å². The fourth-order valence-electron chi connectivity index (χ4n) is 2.93. The molecule has 2 fully saturated rings. The zero-order valence-corrected chi connectivity index (χ0v) is 11.5. The second-order valence-electron chi connectivity index (χ2n) is 6.03. The van der Waals surface area contributed by atoms with E-state index < -0.39 is 5.60 Å². The Kier molecular flexibility index (Phi) is 4.62. The third kappa shape index (κ3) is 3.95. The second kappa shape index (κ2) is 6.02. The average Bonchev–Trinajstić information content (AvgIpc) is 2.77. The van der Waals surface area contributed by atoms with Gasteiger partial charge in [-0.25, -0.2) is 0 Å². The van der Waals surface area contributed by atoms with Crippen molar-refractivity contribution in [3.05, 3.63) is 0 Å². The maximum atomic E-state index is 12.1. The molecule has 0 saturated carbocycles. The van der Waals surface area contributed by atoms with Crippen molar-refractivity contribution in [3.63, 3.8) is 0 Å². The molecule has 2 aliphatic heterocycles. The Balaban J connectivity index is 1.74. The number of hydrogen-bond acceptors (Lipinski definition) is 3. The number of aliphatic hydroxyl groups is 1. The lowest BCUT2D eigenvalue weighted by Gasteiger charge is -2.23. The molecule has 4 heteroatoms. The van der Waals surface area contributed by atoms with E-state index in [0.717, 1.165) is 39.0 Å². The lowest BCUT2D eigenvalue weighted by molar-refractivity contribution is -0.131. The molecule has 1 unspecified atom stereocenters. The van der Waals surface area contributed by atoms with Gasteiger partial charge < -0.3 is 14.9 Å². The monoisotopic (exact) mass is 254 g/mol. The van der Waals surface area contributed by atoms with Crippen LogP contribution in [-0.2, 0) is 4.79 Å². The highest BCUT2D eigenvalue weighted by Gasteiger charge is 2.27. The summed E-state index contributed by atoms with van der Waals surface area (Å²) in [6, 6.07) is 0. The van der Waals surface area contributed by atoms with Gasteiger partial charge in [-0.2, -0.15) is 0 Å². The third-order valence-electron chi connectivity index (χ3n) is 4.26. The van der Waals surface area contributed by atoms with E-state index in [0.29, 0.717) is 19.4 Å². The normalized spacial score (nSPS) is 30.4. The van der Waals surface area contributed by atoms with Crippen molar-refractivity contribution >= 4 is 5.91 Å². The number of carbonyl (C=O) groups excluding carboxylic acids is 1. The van der Waals surface area contributed by atoms with Gasteiger partial charge in [0.25, 0.3) is 0 Å². The molecule has 2 heterocycles. The number of carbonyl (C=O) groups is 1. The summed E-state index contributed by atoms with van der Waals surface area (Å²) in [5, 5.41) is 10.0. The molecule has 2 rings (SSSR count). The Morgan fingerprint density at radius 2 is 1.83 bits per heavy atom. The fourth-order valence-corrected chi connectivity index (χ4v) is 2.93. The average molecular weight is 254 g/mol. The molecule has 18 heavy (non-hydrogen) atoms. The maximum absolute atomic E-state index is 12.1. The van der Waals surface area contributed by atoms with E-state index in [1.165, 1.54) is 12.8 Å². The van der Waals surface area contributed by atoms with Crippen molar-refractivity contribution in [3.8, 4) is 0 Å². The highest BCUT2D eigenvalue weighted by molar-refractivity contribution is 5.76. The minimum atomic E-state index is -0.579. The summed E-state index contributed by atoms with van der Waals surface area (Å²) in [6.07, 6.45) is 5.64. The van der Waals surface area contributed by atoms with Crippen LogP contribution in [0.2, 0.25) is 0 Å². The molecule has 2 saturated heterocycles. The first kappa shape index (κ1) is 13.8. The van der Waals surface area contributed by atoms with Crippen LogP contribution >= 0.6 is 0 Å². The summed E-state index contributed by atoms with van der Waals surface area (Å²) >= 11 is 0. The van der Waals surface area contributed by atoms with E-state index in [2.05, 4.69) is 4.90 Å². The lowest BCUT2D eigenvalue weighted by atomic mass is 9.98. The summed E-state index contributed by atoms with van der Waals surface area (Å²) in [6.45, 7) is 6.63. The molecule has 1 amide bonds. The number of amides is 1. The van der Waals surface area contributed by atoms with Crippen LogP contribution < -0.4 is 0 Å². The van der Waals surface area contributed by atoms with Gasteiger partial charge in [0.15, 0.2) is 0 Å². The van der Waals surface area contributed by atoms with Crippen LogP contribution in [0.5, 0.6) is 0 Å². The largest absolute Gasteiger partial charge is 0.390 e. The summed E-state index contributed by atoms with van der Waals surface area (Å²) in [7, 11) is 0. The van der Waals surface area contributed by atoms with Gasteiger partial charge >= 0.3 is 0 Å². The van der Waals surface area contributed by atoms with Gasteiger partial charge in [-0.3, -0.25) is 4.79 Å². The van der Waals surface area contributed by atoms with Gasteiger partial charge in [0.05, 0.1) is 5.60 Å². The first-order chi connectivity index (χ1) is 8.57. The molecule has 1 atom stereocenters. The Labute approximate surface area is 110 Å². The zero-order valence-electron chi connectivity index (χ0n) is 11.5. The molecule has 0 aromatic heterocycles. The minimum Gasteiger partial charge on any atom is -0.390 e. The van der Waals surface area contributed by atoms with Gasteiger partial charge in [0, 0.05) is 26.1 Å². The molecular formula is C14H26N2O2. The molecule has 0 aromatic rings. The van der Waals surface area contributed by atoms with E-state index in [9.17, 15) is 9.90 Å². The van der Waals surface area contributed by atoms with Gasteiger partial charge in [-0.15, -0.1) is 0 Å². The van der Waals surface area contributed by atoms with Crippen molar-refractivity contribution in [2.75, 3.05) is 32.7 Å². The van der Waals surface area contributed by atoms with Gasteiger partial charge in [-0.1, -0.05) is 0 Å². The van der Waals surface area contributed by atoms with Crippen LogP contribution in [0.25, 0.3) is 0 Å². The van der Waals surface area contributed by atoms with E-state index in [1.54, 1.807) is 0 Å². The zero-order chi connectivity index (χ0) is 13.0. The second-order valence-corrected chi connectivity index (χ2v) is 6.03. The van der Waals surface area contributed by atoms with Crippen LogP contribution in [0.1, 0.15) is 45.4 Å². The van der Waals surface area contributed by atoms with Crippen LogP contribution in [0.15, 0.2) is 0 Å². The topological polar surface area (TPSA) is 43.8 Å². The van der Waals surface area contributed by atoms with E-state index in [-0.39, 0.29) is 5.91 Å². The van der Waals surface area contributed by atoms with Crippen LogP contribution in [0.4, 0.5) is 0 Å². The first-order valence-electron chi connectivity index (χ1n) is 7.29. The lowest BCUT2D eigenvalue weighted by Crippen LogP contribution is -2.35. The Hall–Kier alpha value is -0.610. The predicted molar refractivity (Wildman–Crippen MR) is 71.3 cm³/mol. The fraction of sp³-hybridized carbons (Fsp3) is 0.929. The van der Waals surface area contributed by atoms with Gasteiger partial charge in [-0.05, 0) is 52.1 Å². The molecule has 0 spiro atoms. The van der Waals surface area contributed by atoms with Crippen molar-refractivity contribution in [2.24, 2.45) is 0 Å². The van der Waals surface area contributed by atoms with Crippen molar-refractivity contribution in [1.29, 1.82) is 0 Å². The van der Waals surface area contributed by atoms with Crippen LogP contribution in [0.3, 0.4) is 0 Å². The van der Waals surface area contributed by atoms with Gasteiger partial charge in [0.2, 0.25) is 5.91 Å². The standard InChI is InChI=1S/C14H26N2O2/c1-14(18)6-4-10-16(12-7-14)13(17)5-11-15-8-2-3-9-15/h18H,2-12H2,1H3. The summed E-state index contributed by atoms with van der Waals surface area (Å²) < 4.78 is 0. The molecule has 0 aromatic carbocycles. The highest BCUT2D eigenvalue weighted by atomic mass is 16.3. The van der Waals surface area contributed by atoms with E-state index >= 15 is 0 Å². The Morgan fingerprint density at radius 3 is 2.56 bits per heavy atom. The first-order valence-corrected chi connectivity index (χ1v) is 7.29. The number of rotatable bonds is 3. The molecule has 2 aliphatic rings. The van der Waals surface area contributed by atoms with E-state index in [4.69, 9.17) is 0 Å². The Bertz CT molecular complexity index is 286. The maximum Gasteiger partial charge on any atom is 0.223 e. The number of nitrogens with zero attached hydrogens (tertiary/aromatic N) is 2. The Morgan fingerprint density at radius 1 is 1.11 bits per heavy atom. The van der Waals surface area contributed by atoms with E-state index in [1.807, 2.05) is 11.8 Å². The molecular weight excluding hydrogens is 228 g/mol. The quantitative estimate of drug-likeness (QED) is 0.824. The van der Waals surface area contributed by atoms with Crippen LogP contribution in [-0.4, -0.2) is 59.1 Å². The minimum absolute atomic E-state index is 0.264. The van der Waals surface area contributed by atoms with Gasteiger partial charge in [0.1, 0.15) is 0 Å². The van der Waals surface area contributed by atoms with Crippen molar-refractivity contribution in [1.82, 2.24) is 9.80 Å². The molecule has 0 bridgehead atoms. The number of hydrogen-bond donors (Lipinski definition) is 1. The highest BCUT2D eigenvalue weighted by Crippen LogP contribution is 2.21. The summed E-state index contributed by atoms with van der Waals surface area (Å²) in [4.78, 5) is 16.5. The molecule has 4 nitrogen and oxygen atoms in total. The molecule has 104 valence electrons. The molecule has 0 radical (unpaired) electrons. The summed E-state index contributed by atoms with van der Waals surface area (Å²) in [5.41, 5.74) is -0.579. The third-order valence-corrected chi connectivity index (χ3v) is 4.26. The predicted octanol–water partition coefficient (Wildman–Crippen LogP) is 1.24. The van der Waals surface area contributed by atoms with Crippen LogP contribution in [0, 0.1) is 0 Å². The smallest absolute Gasteiger partial charge is 0.223 e. The summed E-state index contributed by atoms with van der Waals surface area (Å²) in [5.74, 6) is 0.264. The van der Waals surface area contributed by atoms with Crippen molar-refractivity contribution < 1.29 is 9.90 Å².